The van der Waals surface area contributed by atoms with Crippen LogP contribution in [0.25, 0.3) is 0 Å². The van der Waals surface area contributed by atoms with Gasteiger partial charge in [-0.05, 0) is 19.4 Å². The first kappa shape index (κ1) is 6.89. The van der Waals surface area contributed by atoms with E-state index in [1.165, 1.54) is 0 Å². The normalized spacial score (nSPS) is 9.43. The van der Waals surface area contributed by atoms with Crippen molar-refractivity contribution in [3.63, 3.8) is 0 Å². The molecule has 0 atom stereocenters. The van der Waals surface area contributed by atoms with E-state index < -0.39 is 0 Å². The Morgan fingerprint density at radius 3 is 2.57 bits per heavy atom. The van der Waals surface area contributed by atoms with Crippen LogP contribution in [0, 0.1) is 7.05 Å². The summed E-state index contributed by atoms with van der Waals surface area (Å²) in [5.41, 5.74) is 0. The van der Waals surface area contributed by atoms with E-state index in [-0.39, 0.29) is 6.67 Å². The van der Waals surface area contributed by atoms with Crippen molar-refractivity contribution in [3.8, 4) is 0 Å². The maximum atomic E-state index is 11.3. The third-order valence-electron chi connectivity index (χ3n) is 0.737. The Kier molecular flexibility index (Phi) is 5.80. The Labute approximate surface area is 43.9 Å². The van der Waals surface area contributed by atoms with Gasteiger partial charge in [0.1, 0.15) is 0 Å². The SMILES string of the molecule is [CH2]NCCCCF. The molecule has 0 unspecified atom stereocenters. The monoisotopic (exact) mass is 104 g/mol. The number of halogens is 1. The zero-order valence-electron chi connectivity index (χ0n) is 4.41. The zero-order valence-corrected chi connectivity index (χ0v) is 4.41. The molecule has 43 valence electrons. The summed E-state index contributed by atoms with van der Waals surface area (Å²) >= 11 is 0. The molecular weight excluding hydrogens is 93.1 g/mol. The van der Waals surface area contributed by atoms with Crippen LogP contribution in [0.15, 0.2) is 0 Å². The lowest BCUT2D eigenvalue weighted by atomic mass is 10.3. The molecule has 7 heavy (non-hydrogen) atoms. The van der Waals surface area contributed by atoms with Gasteiger partial charge in [-0.15, -0.1) is 0 Å². The standard InChI is InChI=1S/C5H11FN/c1-7-5-3-2-4-6/h7H,1-5H2. The van der Waals surface area contributed by atoms with Gasteiger partial charge >= 0.3 is 0 Å². The van der Waals surface area contributed by atoms with Crippen molar-refractivity contribution in [1.82, 2.24) is 5.32 Å². The highest BCUT2D eigenvalue weighted by Crippen LogP contribution is 1.85. The molecule has 0 saturated carbocycles. The Morgan fingerprint density at radius 1 is 1.43 bits per heavy atom. The Hall–Kier alpha value is -0.110. The Balaban J connectivity index is 2.45. The van der Waals surface area contributed by atoms with Crippen LogP contribution in [-0.4, -0.2) is 13.2 Å². The van der Waals surface area contributed by atoms with Gasteiger partial charge in [0, 0.05) is 7.05 Å². The summed E-state index contributed by atoms with van der Waals surface area (Å²) in [5.74, 6) is 0. The second-order valence-corrected chi connectivity index (χ2v) is 1.40. The van der Waals surface area contributed by atoms with Gasteiger partial charge < -0.3 is 5.32 Å². The molecule has 0 saturated heterocycles. The number of nitrogens with one attached hydrogen (secondary N) is 1. The molecule has 0 aromatic carbocycles. The van der Waals surface area contributed by atoms with E-state index in [9.17, 15) is 4.39 Å². The van der Waals surface area contributed by atoms with Crippen LogP contribution in [0.3, 0.4) is 0 Å². The molecule has 1 radical (unpaired) electrons. The van der Waals surface area contributed by atoms with E-state index in [2.05, 4.69) is 12.4 Å². The summed E-state index contributed by atoms with van der Waals surface area (Å²) in [6, 6.07) is 0. The van der Waals surface area contributed by atoms with E-state index >= 15 is 0 Å². The summed E-state index contributed by atoms with van der Waals surface area (Å²) in [7, 11) is 3.39. The molecule has 0 rings (SSSR count). The van der Waals surface area contributed by atoms with Gasteiger partial charge in [-0.3, -0.25) is 4.39 Å². The van der Waals surface area contributed by atoms with Crippen LogP contribution in [0.5, 0.6) is 0 Å². The fourth-order valence-corrected chi connectivity index (χ4v) is 0.344. The van der Waals surface area contributed by atoms with Crippen LogP contribution in [0.2, 0.25) is 0 Å². The summed E-state index contributed by atoms with van der Waals surface area (Å²) in [5, 5.41) is 2.69. The van der Waals surface area contributed by atoms with Crippen molar-refractivity contribution >= 4 is 0 Å². The maximum absolute atomic E-state index is 11.3. The van der Waals surface area contributed by atoms with Crippen LogP contribution in [-0.2, 0) is 0 Å². The second kappa shape index (κ2) is 5.89. The Bertz CT molecular complexity index is 27.3. The van der Waals surface area contributed by atoms with Gasteiger partial charge in [-0.25, -0.2) is 0 Å². The van der Waals surface area contributed by atoms with Gasteiger partial charge in [0.25, 0.3) is 0 Å². The highest BCUT2D eigenvalue weighted by atomic mass is 19.1. The largest absolute Gasteiger partial charge is 0.315 e. The average molecular weight is 104 g/mol. The third kappa shape index (κ3) is 5.89. The summed E-state index contributed by atoms with van der Waals surface area (Å²) < 4.78 is 11.3. The van der Waals surface area contributed by atoms with E-state index in [4.69, 9.17) is 0 Å². The van der Waals surface area contributed by atoms with Crippen molar-refractivity contribution in [1.29, 1.82) is 0 Å². The fourth-order valence-electron chi connectivity index (χ4n) is 0.344. The minimum atomic E-state index is -0.207. The molecule has 0 aromatic heterocycles. The predicted octanol–water partition coefficient (Wildman–Crippen LogP) is 1.12. The van der Waals surface area contributed by atoms with Gasteiger partial charge in [0.05, 0.1) is 6.67 Å². The second-order valence-electron chi connectivity index (χ2n) is 1.40. The van der Waals surface area contributed by atoms with Gasteiger partial charge in [0.15, 0.2) is 0 Å². The number of hydrogen-bond acceptors (Lipinski definition) is 1. The van der Waals surface area contributed by atoms with Crippen molar-refractivity contribution in [2.45, 2.75) is 12.8 Å². The minimum absolute atomic E-state index is 0.207. The summed E-state index contributed by atoms with van der Waals surface area (Å²) in [6.07, 6.45) is 1.54. The summed E-state index contributed by atoms with van der Waals surface area (Å²) in [4.78, 5) is 0. The van der Waals surface area contributed by atoms with Crippen molar-refractivity contribution in [3.05, 3.63) is 7.05 Å². The fraction of sp³-hybridized carbons (Fsp3) is 0.800. The third-order valence-corrected chi connectivity index (χ3v) is 0.737. The minimum Gasteiger partial charge on any atom is -0.315 e. The predicted molar refractivity (Wildman–Crippen MR) is 28.6 cm³/mol. The molecule has 0 aliphatic rings. The van der Waals surface area contributed by atoms with E-state index in [1.54, 1.807) is 0 Å². The van der Waals surface area contributed by atoms with Crippen molar-refractivity contribution in [2.75, 3.05) is 13.2 Å². The molecule has 2 heteroatoms. The quantitative estimate of drug-likeness (QED) is 0.527. The molecule has 0 heterocycles. The molecule has 0 aliphatic carbocycles. The molecule has 0 aliphatic heterocycles. The Morgan fingerprint density at radius 2 is 2.14 bits per heavy atom. The molecule has 0 bridgehead atoms. The lowest BCUT2D eigenvalue weighted by Gasteiger charge is -1.91. The lowest BCUT2D eigenvalue weighted by Crippen LogP contribution is -2.04. The first-order valence-electron chi connectivity index (χ1n) is 2.47. The van der Waals surface area contributed by atoms with Crippen molar-refractivity contribution in [2.24, 2.45) is 0 Å². The molecule has 0 spiro atoms. The lowest BCUT2D eigenvalue weighted by molar-refractivity contribution is 0.460. The molecule has 0 amide bonds. The van der Waals surface area contributed by atoms with Gasteiger partial charge in [-0.2, -0.15) is 0 Å². The molecule has 0 fully saturated rings. The average Bonchev–Trinajstić information content (AvgIpc) is 1.69. The number of rotatable bonds is 4. The molecule has 0 aromatic rings. The number of unbranched alkanes of at least 4 members (excludes halogenated alkanes) is 1. The number of alkyl halides is 1. The molecule has 1 N–H and O–H groups in total. The molecule has 1 nitrogen and oxygen atoms in total. The number of hydrogen-bond donors (Lipinski definition) is 1. The van der Waals surface area contributed by atoms with E-state index in [1.807, 2.05) is 0 Å². The first-order chi connectivity index (χ1) is 3.41. The zero-order chi connectivity index (χ0) is 5.54. The van der Waals surface area contributed by atoms with Crippen LogP contribution < -0.4 is 5.32 Å². The van der Waals surface area contributed by atoms with Crippen molar-refractivity contribution < 1.29 is 4.39 Å². The summed E-state index contributed by atoms with van der Waals surface area (Å²) in [6.45, 7) is 0.617. The van der Waals surface area contributed by atoms with Crippen LogP contribution in [0.1, 0.15) is 12.8 Å². The highest BCUT2D eigenvalue weighted by Gasteiger charge is 1.81. The van der Waals surface area contributed by atoms with E-state index in [0.717, 1.165) is 13.0 Å². The van der Waals surface area contributed by atoms with Gasteiger partial charge in [-0.1, -0.05) is 0 Å². The van der Waals surface area contributed by atoms with Crippen LogP contribution >= 0.6 is 0 Å². The van der Waals surface area contributed by atoms with Gasteiger partial charge in [0.2, 0.25) is 0 Å². The highest BCUT2D eigenvalue weighted by molar-refractivity contribution is 4.42. The maximum Gasteiger partial charge on any atom is 0.0894 e. The van der Waals surface area contributed by atoms with E-state index in [0.29, 0.717) is 6.42 Å². The first-order valence-corrected chi connectivity index (χ1v) is 2.47. The van der Waals surface area contributed by atoms with Crippen LogP contribution in [0.4, 0.5) is 4.39 Å². The topological polar surface area (TPSA) is 12.0 Å². The molecular formula is C5H11FN. The smallest absolute Gasteiger partial charge is 0.0894 e.